The first-order valence-corrected chi connectivity index (χ1v) is 6.52. The number of benzene rings is 1. The van der Waals surface area contributed by atoms with Crippen LogP contribution in [0.15, 0.2) is 28.8 Å². The van der Waals surface area contributed by atoms with Gasteiger partial charge in [-0.15, -0.1) is 0 Å². The third-order valence-corrected chi connectivity index (χ3v) is 2.86. The van der Waals surface area contributed by atoms with E-state index in [4.69, 9.17) is 9.26 Å². The Morgan fingerprint density at radius 2 is 2.14 bits per heavy atom. The van der Waals surface area contributed by atoms with Crippen molar-refractivity contribution in [3.63, 3.8) is 0 Å². The number of anilines is 1. The Balaban J connectivity index is 2.11. The number of hydrogen-bond acceptors (Lipinski definition) is 6. The standard InChI is InChI=1S/C14H15N3O5/c1-8-4-5-11(17(19)20)12(6-8)21-10(3)14(18)15-13-7-9(2)22-16-13/h4-7,10H,1-3H3,(H,15,16,18)/t10-/m0/s1. The van der Waals surface area contributed by atoms with E-state index < -0.39 is 16.9 Å². The maximum Gasteiger partial charge on any atom is 0.310 e. The Morgan fingerprint density at radius 3 is 2.73 bits per heavy atom. The van der Waals surface area contributed by atoms with Gasteiger partial charge in [0, 0.05) is 12.1 Å². The molecule has 0 bridgehead atoms. The summed E-state index contributed by atoms with van der Waals surface area (Å²) in [6.07, 6.45) is -0.933. The van der Waals surface area contributed by atoms with E-state index in [9.17, 15) is 14.9 Å². The highest BCUT2D eigenvalue weighted by atomic mass is 16.6. The van der Waals surface area contributed by atoms with Gasteiger partial charge in [0.25, 0.3) is 5.91 Å². The maximum absolute atomic E-state index is 12.0. The van der Waals surface area contributed by atoms with Crippen LogP contribution in [0.2, 0.25) is 0 Å². The molecule has 0 aliphatic rings. The van der Waals surface area contributed by atoms with Crippen LogP contribution >= 0.6 is 0 Å². The minimum Gasteiger partial charge on any atom is -0.474 e. The topological polar surface area (TPSA) is 108 Å². The molecule has 0 radical (unpaired) electrons. The van der Waals surface area contributed by atoms with E-state index in [-0.39, 0.29) is 17.3 Å². The number of nitro groups is 1. The lowest BCUT2D eigenvalue weighted by Gasteiger charge is -2.14. The number of ether oxygens (including phenoxy) is 1. The molecule has 22 heavy (non-hydrogen) atoms. The zero-order valence-electron chi connectivity index (χ0n) is 12.3. The summed E-state index contributed by atoms with van der Waals surface area (Å²) in [7, 11) is 0. The molecular formula is C14H15N3O5. The molecule has 1 aromatic carbocycles. The Morgan fingerprint density at radius 1 is 1.41 bits per heavy atom. The van der Waals surface area contributed by atoms with Crippen LogP contribution in [-0.4, -0.2) is 22.1 Å². The lowest BCUT2D eigenvalue weighted by Crippen LogP contribution is -2.30. The molecule has 0 saturated heterocycles. The van der Waals surface area contributed by atoms with Crippen molar-refractivity contribution >= 4 is 17.4 Å². The Labute approximate surface area is 126 Å². The molecular weight excluding hydrogens is 290 g/mol. The first kappa shape index (κ1) is 15.5. The molecule has 8 nitrogen and oxygen atoms in total. The van der Waals surface area contributed by atoms with Crippen LogP contribution in [0.4, 0.5) is 11.5 Å². The van der Waals surface area contributed by atoms with E-state index in [1.54, 1.807) is 26.0 Å². The van der Waals surface area contributed by atoms with Gasteiger partial charge in [-0.3, -0.25) is 14.9 Å². The highest BCUT2D eigenvalue weighted by molar-refractivity contribution is 5.93. The summed E-state index contributed by atoms with van der Waals surface area (Å²) in [6.45, 7) is 4.96. The summed E-state index contributed by atoms with van der Waals surface area (Å²) in [5.74, 6) is 0.378. The van der Waals surface area contributed by atoms with Crippen molar-refractivity contribution in [1.82, 2.24) is 5.16 Å². The van der Waals surface area contributed by atoms with Crippen LogP contribution in [0, 0.1) is 24.0 Å². The molecule has 1 amide bonds. The van der Waals surface area contributed by atoms with Crippen molar-refractivity contribution in [1.29, 1.82) is 0 Å². The lowest BCUT2D eigenvalue weighted by molar-refractivity contribution is -0.386. The summed E-state index contributed by atoms with van der Waals surface area (Å²) < 4.78 is 10.3. The van der Waals surface area contributed by atoms with Gasteiger partial charge < -0.3 is 14.6 Å². The molecule has 0 aliphatic carbocycles. The van der Waals surface area contributed by atoms with Gasteiger partial charge >= 0.3 is 5.69 Å². The predicted molar refractivity (Wildman–Crippen MR) is 77.8 cm³/mol. The Hall–Kier alpha value is -2.90. The third-order valence-electron chi connectivity index (χ3n) is 2.86. The van der Waals surface area contributed by atoms with Gasteiger partial charge in [0.05, 0.1) is 4.92 Å². The van der Waals surface area contributed by atoms with Gasteiger partial charge in [-0.25, -0.2) is 0 Å². The second-order valence-electron chi connectivity index (χ2n) is 4.80. The van der Waals surface area contributed by atoms with E-state index >= 15 is 0 Å². The molecule has 0 spiro atoms. The van der Waals surface area contributed by atoms with Crippen molar-refractivity contribution in [2.75, 3.05) is 5.32 Å². The molecule has 0 aliphatic heterocycles. The van der Waals surface area contributed by atoms with E-state index in [2.05, 4.69) is 10.5 Å². The normalized spacial score (nSPS) is 11.8. The van der Waals surface area contributed by atoms with Gasteiger partial charge in [-0.2, -0.15) is 0 Å². The van der Waals surface area contributed by atoms with E-state index in [1.165, 1.54) is 19.1 Å². The SMILES string of the molecule is Cc1ccc([N+](=O)[O-])c(O[C@@H](C)C(=O)Nc2cc(C)on2)c1. The minimum atomic E-state index is -0.933. The molecule has 8 heteroatoms. The number of hydrogen-bond donors (Lipinski definition) is 1. The fraction of sp³-hybridized carbons (Fsp3) is 0.286. The molecule has 2 rings (SSSR count). The lowest BCUT2D eigenvalue weighted by atomic mass is 10.2. The molecule has 0 saturated carbocycles. The number of rotatable bonds is 5. The molecule has 1 heterocycles. The summed E-state index contributed by atoms with van der Waals surface area (Å²) >= 11 is 0. The van der Waals surface area contributed by atoms with E-state index in [1.807, 2.05) is 0 Å². The molecule has 0 unspecified atom stereocenters. The first-order chi connectivity index (χ1) is 10.4. The molecule has 1 atom stereocenters. The first-order valence-electron chi connectivity index (χ1n) is 6.52. The number of carbonyl (C=O) groups is 1. The van der Waals surface area contributed by atoms with E-state index in [0.29, 0.717) is 5.76 Å². The monoisotopic (exact) mass is 305 g/mol. The van der Waals surface area contributed by atoms with Crippen molar-refractivity contribution in [3.8, 4) is 5.75 Å². The third kappa shape index (κ3) is 3.60. The number of nitro benzene ring substituents is 1. The highest BCUT2D eigenvalue weighted by Gasteiger charge is 2.22. The van der Waals surface area contributed by atoms with Crippen LogP contribution in [-0.2, 0) is 4.79 Å². The number of carbonyl (C=O) groups excluding carboxylic acids is 1. The minimum absolute atomic E-state index is 0.0454. The second kappa shape index (κ2) is 6.25. The zero-order valence-corrected chi connectivity index (χ0v) is 12.3. The van der Waals surface area contributed by atoms with Crippen molar-refractivity contribution in [3.05, 3.63) is 45.7 Å². The Kier molecular flexibility index (Phi) is 4.40. The summed E-state index contributed by atoms with van der Waals surface area (Å²) in [5, 5.41) is 17.1. The van der Waals surface area contributed by atoms with Crippen molar-refractivity contribution in [2.24, 2.45) is 0 Å². The van der Waals surface area contributed by atoms with E-state index in [0.717, 1.165) is 5.56 Å². The molecule has 1 aromatic heterocycles. The van der Waals surface area contributed by atoms with Gasteiger partial charge in [0.1, 0.15) is 5.76 Å². The average molecular weight is 305 g/mol. The van der Waals surface area contributed by atoms with Gasteiger partial charge in [0.2, 0.25) is 0 Å². The van der Waals surface area contributed by atoms with Crippen LogP contribution in [0.5, 0.6) is 5.75 Å². The number of nitrogens with zero attached hydrogens (tertiary/aromatic N) is 2. The fourth-order valence-corrected chi connectivity index (χ4v) is 1.76. The van der Waals surface area contributed by atoms with Gasteiger partial charge in [-0.1, -0.05) is 11.2 Å². The largest absolute Gasteiger partial charge is 0.474 e. The smallest absolute Gasteiger partial charge is 0.310 e. The predicted octanol–water partition coefficient (Wildman–Crippen LogP) is 2.61. The fourth-order valence-electron chi connectivity index (χ4n) is 1.76. The second-order valence-corrected chi connectivity index (χ2v) is 4.80. The molecule has 2 aromatic rings. The number of aromatic nitrogens is 1. The van der Waals surface area contributed by atoms with Crippen LogP contribution in [0.1, 0.15) is 18.2 Å². The van der Waals surface area contributed by atoms with Crippen LogP contribution in [0.3, 0.4) is 0 Å². The summed E-state index contributed by atoms with van der Waals surface area (Å²) in [4.78, 5) is 22.4. The van der Waals surface area contributed by atoms with Gasteiger partial charge in [-0.05, 0) is 32.4 Å². The molecule has 116 valence electrons. The zero-order chi connectivity index (χ0) is 16.3. The van der Waals surface area contributed by atoms with Crippen molar-refractivity contribution in [2.45, 2.75) is 26.9 Å². The van der Waals surface area contributed by atoms with Crippen LogP contribution < -0.4 is 10.1 Å². The molecule has 0 fully saturated rings. The van der Waals surface area contributed by atoms with Crippen LogP contribution in [0.25, 0.3) is 0 Å². The average Bonchev–Trinajstić information content (AvgIpc) is 2.83. The Bertz CT molecular complexity index is 710. The quantitative estimate of drug-likeness (QED) is 0.672. The summed E-state index contributed by atoms with van der Waals surface area (Å²) in [5.41, 5.74) is 0.600. The summed E-state index contributed by atoms with van der Waals surface area (Å²) in [6, 6.07) is 6.02. The number of aryl methyl sites for hydroxylation is 2. The highest BCUT2D eigenvalue weighted by Crippen LogP contribution is 2.28. The van der Waals surface area contributed by atoms with Crippen molar-refractivity contribution < 1.29 is 19.0 Å². The number of nitrogens with one attached hydrogen (secondary N) is 1. The molecule has 1 N–H and O–H groups in total. The van der Waals surface area contributed by atoms with Gasteiger partial charge in [0.15, 0.2) is 17.7 Å². The maximum atomic E-state index is 12.0. The number of amides is 1.